The van der Waals surface area contributed by atoms with Gasteiger partial charge in [0.2, 0.25) is 0 Å². The maximum absolute atomic E-state index is 13.4. The van der Waals surface area contributed by atoms with Gasteiger partial charge in [0.25, 0.3) is 0 Å². The summed E-state index contributed by atoms with van der Waals surface area (Å²) in [7, 11) is 0. The quantitative estimate of drug-likeness (QED) is 0.411. The number of aromatic nitrogens is 6. The number of imidazole rings is 1. The van der Waals surface area contributed by atoms with Crippen molar-refractivity contribution in [3.05, 3.63) is 48.4 Å². The molecule has 1 fully saturated rings. The van der Waals surface area contributed by atoms with Crippen molar-refractivity contribution in [2.75, 3.05) is 10.6 Å². The van der Waals surface area contributed by atoms with Crippen molar-refractivity contribution in [2.24, 2.45) is 0 Å². The summed E-state index contributed by atoms with van der Waals surface area (Å²) in [5.41, 5.74) is -2.37. The van der Waals surface area contributed by atoms with E-state index in [4.69, 9.17) is 0 Å². The van der Waals surface area contributed by atoms with Crippen LogP contribution in [0.2, 0.25) is 0 Å². The Morgan fingerprint density at radius 1 is 0.941 bits per heavy atom. The number of nitrogens with zero attached hydrogens (tertiary/aromatic N) is 6. The minimum Gasteiger partial charge on any atom is -0.367 e. The third kappa shape index (κ3) is 4.31. The van der Waals surface area contributed by atoms with Crippen molar-refractivity contribution in [2.45, 2.75) is 50.1 Å². The molecule has 4 heterocycles. The molecule has 1 saturated carbocycles. The first kappa shape index (κ1) is 22.2. The molecule has 180 valence electrons. The fourth-order valence-corrected chi connectivity index (χ4v) is 4.18. The van der Waals surface area contributed by atoms with Crippen LogP contribution in [0.4, 0.5) is 38.0 Å². The van der Waals surface area contributed by atoms with E-state index in [0.717, 1.165) is 22.9 Å². The van der Waals surface area contributed by atoms with Crippen molar-refractivity contribution in [1.82, 2.24) is 29.0 Å². The van der Waals surface area contributed by atoms with Crippen LogP contribution in [-0.2, 0) is 12.4 Å². The molecule has 4 aromatic rings. The summed E-state index contributed by atoms with van der Waals surface area (Å²) in [6, 6.07) is 0.832. The van der Waals surface area contributed by atoms with E-state index in [1.807, 2.05) is 0 Å². The second kappa shape index (κ2) is 8.02. The number of anilines is 2. The molecular formula is C20H18F6N8. The fraction of sp³-hybridized carbons (Fsp3) is 0.400. The van der Waals surface area contributed by atoms with Crippen LogP contribution in [0.1, 0.15) is 37.1 Å². The summed E-state index contributed by atoms with van der Waals surface area (Å²) in [4.78, 5) is 11.8. The van der Waals surface area contributed by atoms with Crippen LogP contribution < -0.4 is 10.6 Å². The highest BCUT2D eigenvalue weighted by molar-refractivity contribution is 5.66. The van der Waals surface area contributed by atoms with E-state index in [1.54, 1.807) is 29.3 Å². The van der Waals surface area contributed by atoms with Gasteiger partial charge in [-0.2, -0.15) is 36.0 Å². The van der Waals surface area contributed by atoms with E-state index in [9.17, 15) is 26.3 Å². The molecule has 1 aliphatic carbocycles. The Hall–Kier alpha value is -3.58. The summed E-state index contributed by atoms with van der Waals surface area (Å²) >= 11 is 0. The maximum atomic E-state index is 13.4. The number of halogens is 6. The van der Waals surface area contributed by atoms with E-state index in [2.05, 4.69) is 30.7 Å². The first-order valence-electron chi connectivity index (χ1n) is 10.4. The topological polar surface area (TPSA) is 84.4 Å². The number of nitrogens with one attached hydrogen (secondary N) is 2. The van der Waals surface area contributed by atoms with E-state index < -0.39 is 29.4 Å². The highest BCUT2D eigenvalue weighted by Gasteiger charge is 2.37. The standard InChI is InChI=1S/C20H18F6N8/c21-19(22,23)14-7-16(34-17(31-14)8-15(32-34)20(24,25)26)29-11-2-1-3-12(6-11)30-18-13-9-27-10-33(13)5-4-28-18/h4-5,7-12,29H,1-3,6H2,(H,28,30). The van der Waals surface area contributed by atoms with Gasteiger partial charge in [0.1, 0.15) is 11.3 Å². The minimum atomic E-state index is -4.83. The van der Waals surface area contributed by atoms with E-state index in [1.165, 1.54) is 0 Å². The van der Waals surface area contributed by atoms with Crippen LogP contribution >= 0.6 is 0 Å². The third-order valence-corrected chi connectivity index (χ3v) is 5.71. The molecule has 0 aromatic carbocycles. The molecule has 2 N–H and O–H groups in total. The molecule has 0 saturated heterocycles. The second-order valence-corrected chi connectivity index (χ2v) is 8.13. The zero-order valence-corrected chi connectivity index (χ0v) is 17.4. The zero-order valence-electron chi connectivity index (χ0n) is 17.4. The molecule has 5 rings (SSSR count). The van der Waals surface area contributed by atoms with Gasteiger partial charge in [0, 0.05) is 36.6 Å². The van der Waals surface area contributed by atoms with E-state index in [0.29, 0.717) is 30.8 Å². The maximum Gasteiger partial charge on any atom is 0.435 e. The predicted molar refractivity (Wildman–Crippen MR) is 109 cm³/mol. The van der Waals surface area contributed by atoms with Crippen molar-refractivity contribution in [3.8, 4) is 0 Å². The molecule has 8 nitrogen and oxygen atoms in total. The van der Waals surface area contributed by atoms with Crippen molar-refractivity contribution >= 4 is 22.8 Å². The number of hydrogen-bond donors (Lipinski definition) is 2. The van der Waals surface area contributed by atoms with Gasteiger partial charge in [-0.15, -0.1) is 0 Å². The molecule has 1 aliphatic rings. The first-order chi connectivity index (χ1) is 16.1. The minimum absolute atomic E-state index is 0.0531. The molecule has 0 aliphatic heterocycles. The molecule has 2 atom stereocenters. The SMILES string of the molecule is FC(F)(F)c1cc(NC2CCCC(Nc3nccn4cncc34)C2)n2nc(C(F)(F)F)cc2n1. The van der Waals surface area contributed by atoms with E-state index >= 15 is 0 Å². The van der Waals surface area contributed by atoms with Crippen LogP contribution in [0.5, 0.6) is 0 Å². The molecule has 0 spiro atoms. The Morgan fingerprint density at radius 2 is 1.68 bits per heavy atom. The average Bonchev–Trinajstić information content (AvgIpc) is 3.41. The van der Waals surface area contributed by atoms with Gasteiger partial charge >= 0.3 is 12.4 Å². The van der Waals surface area contributed by atoms with Gasteiger partial charge in [0.15, 0.2) is 22.9 Å². The zero-order chi connectivity index (χ0) is 24.1. The Labute approximate surface area is 188 Å². The third-order valence-electron chi connectivity index (χ3n) is 5.71. The summed E-state index contributed by atoms with van der Waals surface area (Å²) in [6.45, 7) is 0. The number of fused-ring (bicyclic) bond motifs is 2. The number of alkyl halides is 6. The molecule has 0 bridgehead atoms. The fourth-order valence-electron chi connectivity index (χ4n) is 4.18. The highest BCUT2D eigenvalue weighted by atomic mass is 19.4. The Bertz CT molecular complexity index is 1320. The molecule has 34 heavy (non-hydrogen) atoms. The lowest BCUT2D eigenvalue weighted by atomic mass is 9.91. The Morgan fingerprint density at radius 3 is 2.41 bits per heavy atom. The van der Waals surface area contributed by atoms with E-state index in [-0.39, 0.29) is 17.9 Å². The van der Waals surface area contributed by atoms with Crippen LogP contribution in [0.3, 0.4) is 0 Å². The lowest BCUT2D eigenvalue weighted by Crippen LogP contribution is -2.35. The van der Waals surface area contributed by atoms with Gasteiger partial charge < -0.3 is 15.0 Å². The number of rotatable bonds is 4. The monoisotopic (exact) mass is 484 g/mol. The average molecular weight is 484 g/mol. The first-order valence-corrected chi connectivity index (χ1v) is 10.4. The largest absolute Gasteiger partial charge is 0.435 e. The van der Waals surface area contributed by atoms with Crippen LogP contribution in [0.25, 0.3) is 11.2 Å². The Balaban J connectivity index is 1.41. The normalized spacial score (nSPS) is 19.6. The number of hydrogen-bond acceptors (Lipinski definition) is 6. The van der Waals surface area contributed by atoms with Gasteiger partial charge in [-0.1, -0.05) is 0 Å². The smallest absolute Gasteiger partial charge is 0.367 e. The van der Waals surface area contributed by atoms with Crippen LogP contribution in [-0.4, -0.2) is 41.1 Å². The summed E-state index contributed by atoms with van der Waals surface area (Å²) in [6.07, 6.45) is -0.271. The van der Waals surface area contributed by atoms with Gasteiger partial charge in [-0.05, 0) is 25.7 Å². The Kier molecular flexibility index (Phi) is 5.24. The second-order valence-electron chi connectivity index (χ2n) is 8.13. The molecular weight excluding hydrogens is 466 g/mol. The summed E-state index contributed by atoms with van der Waals surface area (Å²) in [5, 5.41) is 9.76. The van der Waals surface area contributed by atoms with Crippen molar-refractivity contribution < 1.29 is 26.3 Å². The molecule has 2 unspecified atom stereocenters. The highest BCUT2D eigenvalue weighted by Crippen LogP contribution is 2.34. The van der Waals surface area contributed by atoms with Crippen molar-refractivity contribution in [3.63, 3.8) is 0 Å². The molecule has 14 heteroatoms. The lowest BCUT2D eigenvalue weighted by Gasteiger charge is -2.31. The van der Waals surface area contributed by atoms with Gasteiger partial charge in [-0.25, -0.2) is 15.0 Å². The molecule has 4 aromatic heterocycles. The predicted octanol–water partition coefficient (Wildman–Crippen LogP) is 4.64. The van der Waals surface area contributed by atoms with Gasteiger partial charge in [0.05, 0.1) is 12.5 Å². The summed E-state index contributed by atoms with van der Waals surface area (Å²) in [5.74, 6) is 0.424. The summed E-state index contributed by atoms with van der Waals surface area (Å²) < 4.78 is 82.0. The van der Waals surface area contributed by atoms with Crippen LogP contribution in [0, 0.1) is 0 Å². The van der Waals surface area contributed by atoms with Crippen LogP contribution in [0.15, 0.2) is 37.1 Å². The lowest BCUT2D eigenvalue weighted by molar-refractivity contribution is -0.142. The molecule has 0 amide bonds. The van der Waals surface area contributed by atoms with Crippen molar-refractivity contribution in [1.29, 1.82) is 0 Å². The molecule has 0 radical (unpaired) electrons. The van der Waals surface area contributed by atoms with Gasteiger partial charge in [-0.3, -0.25) is 0 Å².